The lowest BCUT2D eigenvalue weighted by Crippen LogP contribution is -2.15. The summed E-state index contributed by atoms with van der Waals surface area (Å²) in [4.78, 5) is 36.8. The van der Waals surface area contributed by atoms with Crippen LogP contribution in [0.5, 0.6) is 0 Å². The van der Waals surface area contributed by atoms with E-state index in [1.165, 1.54) is 0 Å². The molecule has 0 aliphatic heterocycles. The Hall–Kier alpha value is -3.78. The molecule has 0 aliphatic carbocycles. The summed E-state index contributed by atoms with van der Waals surface area (Å²) < 4.78 is 6.57. The molecule has 0 saturated heterocycles. The molecule has 0 fully saturated rings. The van der Waals surface area contributed by atoms with Crippen LogP contribution in [-0.2, 0) is 23.0 Å². The molecule has 2 aromatic carbocycles. The summed E-state index contributed by atoms with van der Waals surface area (Å²) in [6.45, 7) is 2.07. The highest BCUT2D eigenvalue weighted by molar-refractivity contribution is 6.07. The number of carbonyl (C=O) groups is 3. The first-order chi connectivity index (χ1) is 14.9. The number of aromatic nitrogens is 1. The van der Waals surface area contributed by atoms with Gasteiger partial charge in [-0.05, 0) is 48.9 Å². The molecule has 3 aromatic rings. The van der Waals surface area contributed by atoms with Crippen LogP contribution in [0.15, 0.2) is 60.8 Å². The van der Waals surface area contributed by atoms with E-state index in [2.05, 4.69) is 10.6 Å². The summed E-state index contributed by atoms with van der Waals surface area (Å²) in [6, 6.07) is 15.2. The van der Waals surface area contributed by atoms with E-state index in [0.717, 1.165) is 5.56 Å². The van der Waals surface area contributed by atoms with Gasteiger partial charge in [-0.1, -0.05) is 18.2 Å². The Kier molecular flexibility index (Phi) is 8.43. The number of hydrogen-bond donors (Lipinski definition) is 3. The Morgan fingerprint density at radius 3 is 2.41 bits per heavy atom. The van der Waals surface area contributed by atoms with Crippen molar-refractivity contribution in [1.29, 1.82) is 0 Å². The maximum atomic E-state index is 12.7. The largest absolute Gasteiger partial charge is 0.466 e. The van der Waals surface area contributed by atoms with E-state index in [-0.39, 0.29) is 36.6 Å². The Labute approximate surface area is 192 Å². The van der Waals surface area contributed by atoms with Gasteiger partial charge in [-0.2, -0.15) is 0 Å². The monoisotopic (exact) mass is 456 g/mol. The molecular formula is C23H25ClN4O4. The molecule has 0 aliphatic rings. The van der Waals surface area contributed by atoms with Crippen LogP contribution in [0.4, 0.5) is 17.1 Å². The average molecular weight is 457 g/mol. The van der Waals surface area contributed by atoms with Gasteiger partial charge in [0.05, 0.1) is 18.7 Å². The predicted octanol–water partition coefficient (Wildman–Crippen LogP) is 3.64. The van der Waals surface area contributed by atoms with Gasteiger partial charge in [-0.3, -0.25) is 14.4 Å². The molecule has 168 valence electrons. The highest BCUT2D eigenvalue weighted by Crippen LogP contribution is 2.18. The van der Waals surface area contributed by atoms with Crippen molar-refractivity contribution in [2.45, 2.75) is 13.3 Å². The predicted molar refractivity (Wildman–Crippen MR) is 126 cm³/mol. The van der Waals surface area contributed by atoms with Gasteiger partial charge < -0.3 is 25.7 Å². The molecule has 9 heteroatoms. The maximum Gasteiger partial charge on any atom is 0.310 e. The number of nitrogens with zero attached hydrogens (tertiary/aromatic N) is 1. The first-order valence-corrected chi connectivity index (χ1v) is 9.75. The summed E-state index contributed by atoms with van der Waals surface area (Å²) >= 11 is 0. The Morgan fingerprint density at radius 1 is 0.969 bits per heavy atom. The Balaban J connectivity index is 0.00000363. The second-order valence-corrected chi connectivity index (χ2v) is 6.94. The van der Waals surface area contributed by atoms with Gasteiger partial charge in [0.25, 0.3) is 11.8 Å². The van der Waals surface area contributed by atoms with Crippen LogP contribution in [-0.4, -0.2) is 29.0 Å². The lowest BCUT2D eigenvalue weighted by molar-refractivity contribution is -0.142. The van der Waals surface area contributed by atoms with E-state index >= 15 is 0 Å². The molecule has 0 unspecified atom stereocenters. The molecule has 1 heterocycles. The highest BCUT2D eigenvalue weighted by atomic mass is 35.5. The summed E-state index contributed by atoms with van der Waals surface area (Å²) in [5.74, 6) is -0.995. The van der Waals surface area contributed by atoms with Crippen molar-refractivity contribution in [2.75, 3.05) is 23.0 Å². The number of nitrogens with one attached hydrogen (secondary N) is 2. The first kappa shape index (κ1) is 24.5. The quantitative estimate of drug-likeness (QED) is 0.371. The summed E-state index contributed by atoms with van der Waals surface area (Å²) in [5, 5.41) is 5.57. The van der Waals surface area contributed by atoms with Crippen molar-refractivity contribution >= 4 is 47.3 Å². The van der Waals surface area contributed by atoms with Crippen LogP contribution in [0, 0.1) is 0 Å². The fourth-order valence-corrected chi connectivity index (χ4v) is 3.07. The van der Waals surface area contributed by atoms with Crippen LogP contribution in [0.2, 0.25) is 0 Å². The smallest absolute Gasteiger partial charge is 0.310 e. The Bertz CT molecular complexity index is 1130. The Morgan fingerprint density at radius 2 is 1.69 bits per heavy atom. The van der Waals surface area contributed by atoms with Crippen molar-refractivity contribution in [1.82, 2.24) is 4.57 Å². The molecule has 0 saturated carbocycles. The number of nitrogen functional groups attached to an aromatic ring is 1. The minimum absolute atomic E-state index is 0. The fraction of sp³-hybridized carbons (Fsp3) is 0.174. The van der Waals surface area contributed by atoms with Gasteiger partial charge in [0.2, 0.25) is 0 Å². The third-order valence-corrected chi connectivity index (χ3v) is 4.48. The van der Waals surface area contributed by atoms with Crippen LogP contribution in [0.25, 0.3) is 0 Å². The molecular weight excluding hydrogens is 432 g/mol. The number of aryl methyl sites for hydroxylation is 1. The lowest BCUT2D eigenvalue weighted by atomic mass is 10.1. The molecule has 8 nitrogen and oxygen atoms in total. The van der Waals surface area contributed by atoms with Gasteiger partial charge in [-0.15, -0.1) is 12.4 Å². The molecule has 0 radical (unpaired) electrons. The third-order valence-electron chi connectivity index (χ3n) is 4.48. The van der Waals surface area contributed by atoms with Crippen molar-refractivity contribution < 1.29 is 19.1 Å². The van der Waals surface area contributed by atoms with E-state index in [1.54, 1.807) is 79.3 Å². The second kappa shape index (κ2) is 11.0. The molecule has 32 heavy (non-hydrogen) atoms. The van der Waals surface area contributed by atoms with E-state index in [1.807, 2.05) is 0 Å². The summed E-state index contributed by atoms with van der Waals surface area (Å²) in [5.41, 5.74) is 8.77. The second-order valence-electron chi connectivity index (χ2n) is 6.94. The fourth-order valence-electron chi connectivity index (χ4n) is 3.07. The van der Waals surface area contributed by atoms with Gasteiger partial charge in [-0.25, -0.2) is 0 Å². The minimum Gasteiger partial charge on any atom is -0.466 e. The number of hydrogen-bond acceptors (Lipinski definition) is 5. The van der Waals surface area contributed by atoms with Crippen molar-refractivity contribution in [3.8, 4) is 0 Å². The van der Waals surface area contributed by atoms with Crippen LogP contribution in [0.1, 0.15) is 33.3 Å². The van der Waals surface area contributed by atoms with Gasteiger partial charge >= 0.3 is 5.97 Å². The maximum absolute atomic E-state index is 12.7. The number of ether oxygens (including phenoxy) is 1. The van der Waals surface area contributed by atoms with E-state index in [0.29, 0.717) is 34.9 Å². The minimum atomic E-state index is -0.347. The van der Waals surface area contributed by atoms with Crippen molar-refractivity contribution in [3.05, 3.63) is 77.6 Å². The lowest BCUT2D eigenvalue weighted by Gasteiger charge is -2.08. The highest BCUT2D eigenvalue weighted by Gasteiger charge is 2.15. The van der Waals surface area contributed by atoms with E-state index < -0.39 is 0 Å². The van der Waals surface area contributed by atoms with Crippen molar-refractivity contribution in [3.63, 3.8) is 0 Å². The van der Waals surface area contributed by atoms with Gasteiger partial charge in [0.15, 0.2) is 0 Å². The zero-order chi connectivity index (χ0) is 22.4. The SMILES string of the molecule is CCOC(=O)Cc1cccc(NC(=O)c2cc(NC(=O)c3cccc(N)c3)cn2C)c1.Cl. The number of esters is 1. The summed E-state index contributed by atoms with van der Waals surface area (Å²) in [6.07, 6.45) is 1.78. The molecule has 0 spiro atoms. The number of anilines is 3. The number of carbonyl (C=O) groups excluding carboxylic acids is 3. The van der Waals surface area contributed by atoms with Crippen LogP contribution >= 0.6 is 12.4 Å². The van der Waals surface area contributed by atoms with Crippen LogP contribution in [0.3, 0.4) is 0 Å². The molecule has 1 aromatic heterocycles. The summed E-state index contributed by atoms with van der Waals surface area (Å²) in [7, 11) is 1.71. The number of nitrogens with two attached hydrogens (primary N) is 1. The molecule has 4 N–H and O–H groups in total. The molecule has 3 rings (SSSR count). The number of amides is 2. The normalized spacial score (nSPS) is 10.1. The van der Waals surface area contributed by atoms with Crippen LogP contribution < -0.4 is 16.4 Å². The number of rotatable bonds is 7. The van der Waals surface area contributed by atoms with E-state index in [4.69, 9.17) is 10.5 Å². The van der Waals surface area contributed by atoms with E-state index in [9.17, 15) is 14.4 Å². The average Bonchev–Trinajstić information content (AvgIpc) is 3.08. The zero-order valence-corrected chi connectivity index (χ0v) is 18.6. The molecule has 0 bridgehead atoms. The third kappa shape index (κ3) is 6.36. The van der Waals surface area contributed by atoms with Gasteiger partial charge in [0, 0.05) is 30.2 Å². The topological polar surface area (TPSA) is 115 Å². The molecule has 2 amide bonds. The van der Waals surface area contributed by atoms with Gasteiger partial charge in [0.1, 0.15) is 5.69 Å². The molecule has 0 atom stereocenters. The zero-order valence-electron chi connectivity index (χ0n) is 17.8. The number of halogens is 1. The first-order valence-electron chi connectivity index (χ1n) is 9.75. The standard InChI is InChI=1S/C23H24N4O4.ClH/c1-3-31-21(28)11-15-6-4-9-18(10-15)25-23(30)20-13-19(14-27(20)2)26-22(29)16-7-5-8-17(24)12-16;/h4-10,12-14H,3,11,24H2,1-2H3,(H,25,30)(H,26,29);1H. The number of benzene rings is 2. The van der Waals surface area contributed by atoms with Crippen molar-refractivity contribution in [2.24, 2.45) is 7.05 Å².